The van der Waals surface area contributed by atoms with Crippen LogP contribution in [-0.2, 0) is 14.3 Å². The number of carbonyl (C=O) groups excluding carboxylic acids is 3. The van der Waals surface area contributed by atoms with Gasteiger partial charge in [0.05, 0.1) is 23.7 Å². The first-order chi connectivity index (χ1) is 26.3. The highest BCUT2D eigenvalue weighted by Crippen LogP contribution is 2.79. The van der Waals surface area contributed by atoms with E-state index in [2.05, 4.69) is 45.9 Å². The zero-order chi connectivity index (χ0) is 39.7. The van der Waals surface area contributed by atoms with Gasteiger partial charge in [0.2, 0.25) is 0 Å². The molecule has 11 aliphatic rings. The molecule has 1 unspecified atom stereocenters. The third-order valence-electron chi connectivity index (χ3n) is 20.6. The second kappa shape index (κ2) is 11.3. The SMILES string of the molecule is CC1(C)[C@H]2CC[C@@H](CN(C[C@]3(O)CC[C@H]4[C@]56C=C[C@@]7(C=C5C(=O)c5ccccc5)CC(O)CC[C@]7(C)[C@H]6CC[C@@]43C)C(=O)[C@@]34CC[C@@](C)(C(=O)O3)C4(C)C)[C@@H]1C2. The number of benzene rings is 1. The van der Waals surface area contributed by atoms with Gasteiger partial charge in [0.25, 0.3) is 5.91 Å². The standard InChI is InChI=1S/C49H65NO6/c1-41(2)32-14-13-31(34(41)25-32)28-50(39(53)49-24-21-45(7,40(54)56-49)42(49,3)4)29-47(55)20-17-37-44(47,6)19-16-36-43(5)18-15-33(51)26-46(43)22-23-48(36,37)35(27-46)38(52)30-11-9-8-10-12-30/h8-12,22-23,27,31-34,36-37,51,55H,13-21,24-26,28-29H2,1-7H3/t31-,32-,33?,34-,36+,37+,43+,44-,45-,46-,47+,48+,49+/m0/s1. The topological polar surface area (TPSA) is 104 Å². The monoisotopic (exact) mass is 763 g/mol. The Hall–Kier alpha value is -2.77. The van der Waals surface area contributed by atoms with Crippen LogP contribution in [0, 0.1) is 67.5 Å². The van der Waals surface area contributed by atoms with Gasteiger partial charge in [0, 0.05) is 39.3 Å². The molecule has 302 valence electrons. The molecule has 1 aliphatic heterocycles. The summed E-state index contributed by atoms with van der Waals surface area (Å²) in [5.74, 6) is 1.46. The molecule has 2 N–H and O–H groups in total. The molecule has 1 saturated heterocycles. The first kappa shape index (κ1) is 37.5. The molecule has 12 rings (SSSR count). The summed E-state index contributed by atoms with van der Waals surface area (Å²) in [5, 5.41) is 24.6. The van der Waals surface area contributed by atoms with E-state index in [-0.39, 0.29) is 46.9 Å². The molecule has 0 aromatic heterocycles. The maximum atomic E-state index is 15.5. The second-order valence-corrected chi connectivity index (χ2v) is 22.6. The van der Waals surface area contributed by atoms with Crippen molar-refractivity contribution in [2.75, 3.05) is 13.1 Å². The highest BCUT2D eigenvalue weighted by molar-refractivity contribution is 6.10. The van der Waals surface area contributed by atoms with Gasteiger partial charge in [-0.05, 0) is 124 Å². The van der Waals surface area contributed by atoms with Crippen molar-refractivity contribution in [2.24, 2.45) is 67.5 Å². The molecule has 7 saturated carbocycles. The van der Waals surface area contributed by atoms with Crippen LogP contribution in [0.4, 0.5) is 0 Å². The molecule has 7 heteroatoms. The van der Waals surface area contributed by atoms with E-state index in [1.807, 2.05) is 56.0 Å². The molecule has 1 amide bonds. The lowest BCUT2D eigenvalue weighted by Gasteiger charge is -2.71. The van der Waals surface area contributed by atoms with Gasteiger partial charge in [-0.3, -0.25) is 14.4 Å². The number of amides is 1. The third-order valence-corrected chi connectivity index (χ3v) is 20.6. The van der Waals surface area contributed by atoms with Gasteiger partial charge in [-0.1, -0.05) is 90.1 Å². The van der Waals surface area contributed by atoms with Gasteiger partial charge in [-0.25, -0.2) is 0 Å². The Kier molecular flexibility index (Phi) is 7.55. The van der Waals surface area contributed by atoms with Crippen molar-refractivity contribution in [1.29, 1.82) is 0 Å². The highest BCUT2D eigenvalue weighted by atomic mass is 16.6. The lowest BCUT2D eigenvalue weighted by molar-refractivity contribution is -0.190. The molecule has 0 radical (unpaired) electrons. The van der Waals surface area contributed by atoms with Crippen molar-refractivity contribution in [1.82, 2.24) is 4.90 Å². The average Bonchev–Trinajstić information content (AvgIpc) is 3.62. The minimum Gasteiger partial charge on any atom is -0.448 e. The summed E-state index contributed by atoms with van der Waals surface area (Å²) >= 11 is 0. The number of carbonyl (C=O) groups is 3. The van der Waals surface area contributed by atoms with Crippen LogP contribution in [0.15, 0.2) is 54.1 Å². The lowest BCUT2D eigenvalue weighted by Crippen LogP contribution is -2.68. The van der Waals surface area contributed by atoms with Crippen LogP contribution in [0.1, 0.15) is 136 Å². The fourth-order valence-electron chi connectivity index (χ4n) is 16.3. The van der Waals surface area contributed by atoms with E-state index in [9.17, 15) is 19.8 Å². The van der Waals surface area contributed by atoms with Crippen LogP contribution in [-0.4, -0.2) is 63.2 Å². The van der Waals surface area contributed by atoms with E-state index in [0.29, 0.717) is 49.6 Å². The Labute approximate surface area is 334 Å². The normalized spacial score (nSPS) is 49.6. The molecule has 1 aromatic carbocycles. The number of fused-ring (bicyclic) bond motifs is 5. The number of aliphatic hydroxyl groups excluding tert-OH is 1. The van der Waals surface area contributed by atoms with Crippen LogP contribution in [0.2, 0.25) is 0 Å². The number of allylic oxidation sites excluding steroid dienone is 4. The Morgan fingerprint density at radius 1 is 0.839 bits per heavy atom. The van der Waals surface area contributed by atoms with Crippen LogP contribution >= 0.6 is 0 Å². The van der Waals surface area contributed by atoms with Gasteiger partial charge < -0.3 is 19.8 Å². The first-order valence-corrected chi connectivity index (χ1v) is 22.2. The maximum Gasteiger partial charge on any atom is 0.313 e. The van der Waals surface area contributed by atoms with E-state index in [1.165, 1.54) is 12.8 Å². The Morgan fingerprint density at radius 2 is 1.54 bits per heavy atom. The molecule has 1 heterocycles. The highest BCUT2D eigenvalue weighted by Gasteiger charge is 2.78. The third kappa shape index (κ3) is 4.16. The molecule has 2 spiro atoms. The minimum atomic E-state index is -1.24. The molecule has 10 aliphatic carbocycles. The quantitative estimate of drug-likeness (QED) is 0.164. The number of hydrogen-bond acceptors (Lipinski definition) is 6. The largest absolute Gasteiger partial charge is 0.448 e. The summed E-state index contributed by atoms with van der Waals surface area (Å²) in [7, 11) is 0. The predicted molar refractivity (Wildman–Crippen MR) is 214 cm³/mol. The van der Waals surface area contributed by atoms with E-state index >= 15 is 4.79 Å². The van der Waals surface area contributed by atoms with Crippen molar-refractivity contribution in [2.45, 2.75) is 143 Å². The van der Waals surface area contributed by atoms with Gasteiger partial charge in [-0.2, -0.15) is 0 Å². The number of esters is 1. The van der Waals surface area contributed by atoms with E-state index < -0.39 is 44.4 Å². The molecular weight excluding hydrogens is 699 g/mol. The minimum absolute atomic E-state index is 0.0115. The molecule has 7 nitrogen and oxygen atoms in total. The number of ketones is 1. The molecule has 8 fully saturated rings. The van der Waals surface area contributed by atoms with Crippen molar-refractivity contribution in [3.8, 4) is 0 Å². The smallest absolute Gasteiger partial charge is 0.313 e. The first-order valence-electron chi connectivity index (χ1n) is 22.2. The molecule has 56 heavy (non-hydrogen) atoms. The predicted octanol–water partition coefficient (Wildman–Crippen LogP) is 8.48. The van der Waals surface area contributed by atoms with Crippen LogP contribution < -0.4 is 0 Å². The fourth-order valence-corrected chi connectivity index (χ4v) is 16.3. The van der Waals surface area contributed by atoms with Crippen molar-refractivity contribution in [3.63, 3.8) is 0 Å². The van der Waals surface area contributed by atoms with Crippen molar-refractivity contribution < 1.29 is 29.3 Å². The molecule has 1 aromatic rings. The van der Waals surface area contributed by atoms with Crippen LogP contribution in [0.5, 0.6) is 0 Å². The number of nitrogens with zero attached hydrogens (tertiary/aromatic N) is 1. The van der Waals surface area contributed by atoms with Crippen molar-refractivity contribution >= 4 is 17.7 Å². The number of ether oxygens (including phenoxy) is 1. The maximum absolute atomic E-state index is 15.5. The summed E-state index contributed by atoms with van der Waals surface area (Å²) in [6.45, 7) is 16.3. The van der Waals surface area contributed by atoms with E-state index in [0.717, 1.165) is 50.0 Å². The average molecular weight is 764 g/mol. The second-order valence-electron chi connectivity index (χ2n) is 22.6. The lowest BCUT2D eigenvalue weighted by atomic mass is 9.32. The van der Waals surface area contributed by atoms with Crippen molar-refractivity contribution in [3.05, 3.63) is 59.7 Å². The van der Waals surface area contributed by atoms with E-state index in [4.69, 9.17) is 4.74 Å². The Morgan fingerprint density at radius 3 is 2.20 bits per heavy atom. The summed E-state index contributed by atoms with van der Waals surface area (Å²) in [6.07, 6.45) is 16.5. The Balaban J connectivity index is 1.05. The number of hydrogen-bond donors (Lipinski definition) is 2. The van der Waals surface area contributed by atoms with Gasteiger partial charge >= 0.3 is 5.97 Å². The summed E-state index contributed by atoms with van der Waals surface area (Å²) in [6, 6.07) is 9.66. The summed E-state index contributed by atoms with van der Waals surface area (Å²) in [4.78, 5) is 46.0. The van der Waals surface area contributed by atoms with Crippen LogP contribution in [0.3, 0.4) is 0 Å². The molecular formula is C49H65NO6. The summed E-state index contributed by atoms with van der Waals surface area (Å²) in [5.41, 5.74) is -3.72. The number of aliphatic hydroxyl groups is 2. The van der Waals surface area contributed by atoms with Gasteiger partial charge in [0.1, 0.15) is 0 Å². The zero-order valence-corrected chi connectivity index (χ0v) is 35.0. The van der Waals surface area contributed by atoms with Gasteiger partial charge in [0.15, 0.2) is 11.4 Å². The fraction of sp³-hybridized carbons (Fsp3) is 0.735. The van der Waals surface area contributed by atoms with Gasteiger partial charge in [-0.15, -0.1) is 0 Å². The Bertz CT molecular complexity index is 1970. The summed E-state index contributed by atoms with van der Waals surface area (Å²) < 4.78 is 6.28. The van der Waals surface area contributed by atoms with Crippen LogP contribution in [0.25, 0.3) is 0 Å². The van der Waals surface area contributed by atoms with E-state index in [1.54, 1.807) is 0 Å². The number of Topliss-reactive ketones (excluding diaryl/α,β-unsaturated/α-hetero) is 1. The number of rotatable bonds is 7. The molecule has 6 bridgehead atoms. The zero-order valence-electron chi connectivity index (χ0n) is 35.0. The molecule has 13 atom stereocenters.